The fourth-order valence-corrected chi connectivity index (χ4v) is 5.90. The van der Waals surface area contributed by atoms with Crippen molar-refractivity contribution in [3.8, 4) is 0 Å². The second kappa shape index (κ2) is 14.5. The molecule has 0 aliphatic carbocycles. The zero-order chi connectivity index (χ0) is 29.3. The fourth-order valence-electron chi connectivity index (χ4n) is 4.41. The molecule has 3 aromatic rings. The van der Waals surface area contributed by atoms with Crippen LogP contribution in [0.5, 0.6) is 0 Å². The zero-order valence-electron chi connectivity index (χ0n) is 22.9. The van der Waals surface area contributed by atoms with Crippen LogP contribution in [0, 0.1) is 6.92 Å². The van der Waals surface area contributed by atoms with Crippen molar-refractivity contribution >= 4 is 50.7 Å². The van der Waals surface area contributed by atoms with E-state index in [2.05, 4.69) is 5.32 Å². The Morgan fingerprint density at radius 3 is 2.12 bits per heavy atom. The number of nitrogens with zero attached hydrogens (tertiary/aromatic N) is 2. The molecule has 2 amide bonds. The highest BCUT2D eigenvalue weighted by atomic mass is 35.5. The molecule has 10 heteroatoms. The average Bonchev–Trinajstić information content (AvgIpc) is 2.90. The Morgan fingerprint density at radius 2 is 1.55 bits per heavy atom. The number of likely N-dealkylation sites (N-methyl/N-ethyl adjacent to an activating group) is 1. The van der Waals surface area contributed by atoms with Crippen molar-refractivity contribution in [2.24, 2.45) is 0 Å². The van der Waals surface area contributed by atoms with Crippen LogP contribution in [-0.2, 0) is 32.6 Å². The van der Waals surface area contributed by atoms with E-state index in [0.717, 1.165) is 17.4 Å². The Balaban J connectivity index is 1.90. The van der Waals surface area contributed by atoms with Crippen LogP contribution >= 0.6 is 23.2 Å². The van der Waals surface area contributed by atoms with E-state index in [1.165, 1.54) is 9.21 Å². The second-order valence-electron chi connectivity index (χ2n) is 9.60. The number of hydrogen-bond donors (Lipinski definition) is 1. The number of hydrogen-bond acceptors (Lipinski definition) is 4. The molecule has 3 rings (SSSR count). The van der Waals surface area contributed by atoms with Crippen molar-refractivity contribution in [2.45, 2.75) is 45.7 Å². The van der Waals surface area contributed by atoms with E-state index in [9.17, 15) is 18.0 Å². The lowest BCUT2D eigenvalue weighted by Crippen LogP contribution is -2.50. The van der Waals surface area contributed by atoms with Gasteiger partial charge in [-0.2, -0.15) is 0 Å². The highest BCUT2D eigenvalue weighted by molar-refractivity contribution is 7.92. The lowest BCUT2D eigenvalue weighted by molar-refractivity contribution is -0.141. The van der Waals surface area contributed by atoms with Gasteiger partial charge in [0.2, 0.25) is 21.8 Å². The molecule has 1 unspecified atom stereocenters. The van der Waals surface area contributed by atoms with Gasteiger partial charge < -0.3 is 10.2 Å². The number of carbonyl (C=O) groups excluding carboxylic acids is 2. The number of carbonyl (C=O) groups is 2. The second-order valence-corrected chi connectivity index (χ2v) is 12.3. The number of sulfonamides is 1. The van der Waals surface area contributed by atoms with E-state index in [-0.39, 0.29) is 37.7 Å². The molecule has 0 aliphatic heterocycles. The number of aryl methyl sites for hydroxylation is 1. The molecule has 0 radical (unpaired) electrons. The van der Waals surface area contributed by atoms with Gasteiger partial charge in [-0.05, 0) is 50.1 Å². The predicted molar refractivity (Wildman–Crippen MR) is 162 cm³/mol. The summed E-state index contributed by atoms with van der Waals surface area (Å²) in [6.45, 7) is 4.28. The van der Waals surface area contributed by atoms with Crippen molar-refractivity contribution in [3.05, 3.63) is 99.5 Å². The van der Waals surface area contributed by atoms with Gasteiger partial charge >= 0.3 is 0 Å². The van der Waals surface area contributed by atoms with Gasteiger partial charge in [0.25, 0.3) is 0 Å². The van der Waals surface area contributed by atoms with Gasteiger partial charge in [0.15, 0.2) is 0 Å². The average molecular weight is 605 g/mol. The normalized spacial score (nSPS) is 12.0. The molecule has 0 aromatic heterocycles. The summed E-state index contributed by atoms with van der Waals surface area (Å²) in [7, 11) is -3.58. The predicted octanol–water partition coefficient (Wildman–Crippen LogP) is 5.62. The van der Waals surface area contributed by atoms with Crippen LogP contribution in [0.2, 0.25) is 10.0 Å². The molecule has 0 saturated heterocycles. The first kappa shape index (κ1) is 31.5. The minimum atomic E-state index is -3.58. The molecule has 0 fully saturated rings. The third-order valence-corrected chi connectivity index (χ3v) is 8.39. The summed E-state index contributed by atoms with van der Waals surface area (Å²) in [6, 6.07) is 20.9. The monoisotopic (exact) mass is 603 g/mol. The van der Waals surface area contributed by atoms with Gasteiger partial charge in [-0.25, -0.2) is 8.42 Å². The van der Waals surface area contributed by atoms with Crippen LogP contribution < -0.4 is 9.62 Å². The summed E-state index contributed by atoms with van der Waals surface area (Å²) < 4.78 is 26.4. The Kier molecular flexibility index (Phi) is 11.4. The van der Waals surface area contributed by atoms with Crippen LogP contribution in [0.3, 0.4) is 0 Å². The number of halogens is 2. The Labute approximate surface area is 247 Å². The minimum Gasteiger partial charge on any atom is -0.355 e. The number of rotatable bonds is 13. The maximum atomic E-state index is 13.8. The van der Waals surface area contributed by atoms with Crippen LogP contribution in [-0.4, -0.2) is 50.5 Å². The first-order valence-corrected chi connectivity index (χ1v) is 15.7. The third-order valence-electron chi connectivity index (χ3n) is 6.49. The SMILES string of the molecule is CCNC(=O)C(Cc1ccccc1)N(Cc1c(Cl)cccc1Cl)C(=O)CCCN(c1ccc(C)cc1)S(C)(=O)=O. The Hall–Kier alpha value is -3.07. The molecule has 3 aromatic carbocycles. The molecule has 40 heavy (non-hydrogen) atoms. The summed E-state index contributed by atoms with van der Waals surface area (Å²) in [5, 5.41) is 3.63. The lowest BCUT2D eigenvalue weighted by Gasteiger charge is -2.32. The van der Waals surface area contributed by atoms with Gasteiger partial charge in [-0.3, -0.25) is 13.9 Å². The fraction of sp³-hybridized carbons (Fsp3) is 0.333. The van der Waals surface area contributed by atoms with Gasteiger partial charge in [0.1, 0.15) is 6.04 Å². The Bertz CT molecular complexity index is 1380. The molecular weight excluding hydrogens is 569 g/mol. The molecule has 0 heterocycles. The molecular formula is C30H35Cl2N3O4S. The van der Waals surface area contributed by atoms with Crippen LogP contribution in [0.15, 0.2) is 72.8 Å². The van der Waals surface area contributed by atoms with Gasteiger partial charge in [-0.15, -0.1) is 0 Å². The number of benzene rings is 3. The minimum absolute atomic E-state index is 0.0185. The van der Waals surface area contributed by atoms with Gasteiger partial charge in [0, 0.05) is 48.1 Å². The van der Waals surface area contributed by atoms with Crippen molar-refractivity contribution in [3.63, 3.8) is 0 Å². The van der Waals surface area contributed by atoms with E-state index in [4.69, 9.17) is 23.2 Å². The van der Waals surface area contributed by atoms with Crippen LogP contribution in [0.4, 0.5) is 5.69 Å². The van der Waals surface area contributed by atoms with Crippen molar-refractivity contribution in [1.29, 1.82) is 0 Å². The topological polar surface area (TPSA) is 86.8 Å². The number of anilines is 1. The maximum absolute atomic E-state index is 13.8. The summed E-state index contributed by atoms with van der Waals surface area (Å²) in [6.07, 6.45) is 1.70. The quantitative estimate of drug-likeness (QED) is 0.274. The smallest absolute Gasteiger partial charge is 0.243 e. The van der Waals surface area contributed by atoms with E-state index in [1.807, 2.05) is 56.3 Å². The van der Waals surface area contributed by atoms with Crippen LogP contribution in [0.25, 0.3) is 0 Å². The van der Waals surface area contributed by atoms with E-state index < -0.39 is 16.1 Å². The Morgan fingerprint density at radius 1 is 0.925 bits per heavy atom. The highest BCUT2D eigenvalue weighted by Gasteiger charge is 2.31. The van der Waals surface area contributed by atoms with Crippen molar-refractivity contribution in [1.82, 2.24) is 10.2 Å². The van der Waals surface area contributed by atoms with Crippen molar-refractivity contribution < 1.29 is 18.0 Å². The van der Waals surface area contributed by atoms with Crippen molar-refractivity contribution in [2.75, 3.05) is 23.7 Å². The highest BCUT2D eigenvalue weighted by Crippen LogP contribution is 2.28. The summed E-state index contributed by atoms with van der Waals surface area (Å²) in [5.74, 6) is -0.596. The molecule has 0 aliphatic rings. The van der Waals surface area contributed by atoms with E-state index in [0.29, 0.717) is 34.3 Å². The van der Waals surface area contributed by atoms with Gasteiger partial charge in [-0.1, -0.05) is 77.3 Å². The lowest BCUT2D eigenvalue weighted by atomic mass is 10.0. The standard InChI is InChI=1S/C30H35Cl2N3O4S/c1-4-33-30(37)28(20-23-10-6-5-7-11-23)34(21-25-26(31)12-8-13-27(25)32)29(36)14-9-19-35(40(3,38)39)24-17-15-22(2)16-18-24/h5-8,10-13,15-18,28H,4,9,14,19-21H2,1-3H3,(H,33,37). The largest absolute Gasteiger partial charge is 0.355 e. The number of amides is 2. The molecule has 1 atom stereocenters. The molecule has 7 nitrogen and oxygen atoms in total. The summed E-state index contributed by atoms with van der Waals surface area (Å²) in [5.41, 5.74) is 2.98. The van der Waals surface area contributed by atoms with E-state index in [1.54, 1.807) is 30.3 Å². The molecule has 1 N–H and O–H groups in total. The maximum Gasteiger partial charge on any atom is 0.243 e. The molecule has 0 bridgehead atoms. The molecule has 0 saturated carbocycles. The third kappa shape index (κ3) is 8.71. The van der Waals surface area contributed by atoms with Gasteiger partial charge in [0.05, 0.1) is 11.9 Å². The molecule has 214 valence electrons. The summed E-state index contributed by atoms with van der Waals surface area (Å²) >= 11 is 12.9. The zero-order valence-corrected chi connectivity index (χ0v) is 25.3. The van der Waals surface area contributed by atoms with Crippen LogP contribution in [0.1, 0.15) is 36.5 Å². The van der Waals surface area contributed by atoms with E-state index >= 15 is 0 Å². The molecule has 0 spiro atoms. The first-order chi connectivity index (χ1) is 19.0. The summed E-state index contributed by atoms with van der Waals surface area (Å²) in [4.78, 5) is 28.6. The number of nitrogens with one attached hydrogen (secondary N) is 1. The first-order valence-electron chi connectivity index (χ1n) is 13.1.